The minimum absolute atomic E-state index is 0.0335. The van der Waals surface area contributed by atoms with Gasteiger partial charge < -0.3 is 9.47 Å². The lowest BCUT2D eigenvalue weighted by atomic mass is 10.2. The maximum absolute atomic E-state index is 12.0. The van der Waals surface area contributed by atoms with Crippen molar-refractivity contribution in [2.24, 2.45) is 4.99 Å². The van der Waals surface area contributed by atoms with Crippen LogP contribution in [0, 0.1) is 17.0 Å². The molecule has 0 spiro atoms. The monoisotopic (exact) mass is 344 g/mol. The molecule has 1 aromatic heterocycles. The predicted molar refractivity (Wildman–Crippen MR) is 89.3 cm³/mol. The van der Waals surface area contributed by atoms with Crippen LogP contribution in [0.2, 0.25) is 0 Å². The maximum Gasteiger partial charge on any atom is 0.363 e. The highest BCUT2D eigenvalue weighted by Gasteiger charge is 2.26. The Morgan fingerprint density at radius 3 is 2.79 bits per heavy atom. The van der Waals surface area contributed by atoms with E-state index >= 15 is 0 Å². The summed E-state index contributed by atoms with van der Waals surface area (Å²) in [5.74, 6) is -0.430. The smallest absolute Gasteiger partial charge is 0.363 e. The van der Waals surface area contributed by atoms with Gasteiger partial charge in [0.05, 0.1) is 12.0 Å². The molecule has 3 rings (SSSR count). The van der Waals surface area contributed by atoms with Crippen LogP contribution in [-0.4, -0.2) is 23.9 Å². The molecule has 2 heterocycles. The van der Waals surface area contributed by atoms with Crippen molar-refractivity contribution in [3.63, 3.8) is 0 Å². The number of hydrogen-bond acceptors (Lipinski definition) is 7. The molecule has 122 valence electrons. The lowest BCUT2D eigenvalue weighted by molar-refractivity contribution is -0.385. The number of methoxy groups -OCH3 is 1. The Morgan fingerprint density at radius 2 is 2.17 bits per heavy atom. The average Bonchev–Trinajstić information content (AvgIpc) is 3.13. The van der Waals surface area contributed by atoms with Crippen molar-refractivity contribution in [2.45, 2.75) is 6.92 Å². The summed E-state index contributed by atoms with van der Waals surface area (Å²) in [6.45, 7) is 1.93. The summed E-state index contributed by atoms with van der Waals surface area (Å²) in [5.41, 5.74) is 1.31. The van der Waals surface area contributed by atoms with Gasteiger partial charge in [0.2, 0.25) is 5.90 Å². The van der Waals surface area contributed by atoms with Gasteiger partial charge in [-0.2, -0.15) is 0 Å². The van der Waals surface area contributed by atoms with Gasteiger partial charge in [-0.3, -0.25) is 10.1 Å². The minimum Gasteiger partial charge on any atom is -0.490 e. The van der Waals surface area contributed by atoms with E-state index in [2.05, 4.69) is 4.99 Å². The zero-order chi connectivity index (χ0) is 17.3. The molecule has 0 N–H and O–H groups in total. The molecule has 0 saturated carbocycles. The summed E-state index contributed by atoms with van der Waals surface area (Å²) < 4.78 is 10.1. The van der Waals surface area contributed by atoms with E-state index in [-0.39, 0.29) is 23.0 Å². The summed E-state index contributed by atoms with van der Waals surface area (Å²) in [6, 6.07) is 6.20. The Bertz CT molecular complexity index is 898. The SMILES string of the molecule is COc1ccc(C2=N/C(=C\c3sccc3C)C(=O)O2)cc1[N+](=O)[O-]. The van der Waals surface area contributed by atoms with Gasteiger partial charge in [-0.05, 0) is 42.1 Å². The minimum atomic E-state index is -0.587. The first-order valence-electron chi connectivity index (χ1n) is 6.89. The molecule has 1 aliphatic heterocycles. The van der Waals surface area contributed by atoms with Crippen LogP contribution in [0.3, 0.4) is 0 Å². The zero-order valence-electron chi connectivity index (χ0n) is 12.8. The molecule has 0 fully saturated rings. The van der Waals surface area contributed by atoms with Gasteiger partial charge >= 0.3 is 11.7 Å². The topological polar surface area (TPSA) is 91.0 Å². The number of cyclic esters (lactones) is 1. The summed E-state index contributed by atoms with van der Waals surface area (Å²) in [5, 5.41) is 13.0. The van der Waals surface area contributed by atoms with E-state index < -0.39 is 10.9 Å². The molecule has 0 aliphatic carbocycles. The summed E-state index contributed by atoms with van der Waals surface area (Å²) >= 11 is 1.49. The molecule has 1 aliphatic rings. The first-order valence-corrected chi connectivity index (χ1v) is 7.77. The molecule has 1 aromatic carbocycles. The highest BCUT2D eigenvalue weighted by molar-refractivity contribution is 7.11. The number of carbonyl (C=O) groups is 1. The summed E-state index contributed by atoms with van der Waals surface area (Å²) in [7, 11) is 1.35. The fraction of sp³-hybridized carbons (Fsp3) is 0.125. The van der Waals surface area contributed by atoms with Gasteiger partial charge in [-0.1, -0.05) is 0 Å². The first kappa shape index (κ1) is 15.9. The molecule has 24 heavy (non-hydrogen) atoms. The average molecular weight is 344 g/mol. The van der Waals surface area contributed by atoms with E-state index in [1.54, 1.807) is 12.1 Å². The van der Waals surface area contributed by atoms with E-state index in [0.717, 1.165) is 10.4 Å². The number of benzene rings is 1. The fourth-order valence-electron chi connectivity index (χ4n) is 2.15. The van der Waals surface area contributed by atoms with Crippen LogP contribution < -0.4 is 4.74 Å². The van der Waals surface area contributed by atoms with Crippen LogP contribution in [0.15, 0.2) is 40.3 Å². The van der Waals surface area contributed by atoms with Crippen LogP contribution in [0.1, 0.15) is 16.0 Å². The second-order valence-corrected chi connectivity index (χ2v) is 5.90. The van der Waals surface area contributed by atoms with Gasteiger partial charge in [0.1, 0.15) is 0 Å². The Balaban J connectivity index is 1.99. The number of carbonyl (C=O) groups excluding carboxylic acids is 1. The van der Waals surface area contributed by atoms with Gasteiger partial charge in [-0.25, -0.2) is 9.79 Å². The molecule has 7 nitrogen and oxygen atoms in total. The fourth-order valence-corrected chi connectivity index (χ4v) is 3.01. The predicted octanol–water partition coefficient (Wildman–Crippen LogP) is 3.32. The van der Waals surface area contributed by atoms with Gasteiger partial charge in [-0.15, -0.1) is 11.3 Å². The molecule has 0 amide bonds. The van der Waals surface area contributed by atoms with E-state index in [0.29, 0.717) is 5.56 Å². The van der Waals surface area contributed by atoms with Crippen LogP contribution in [0.4, 0.5) is 5.69 Å². The van der Waals surface area contributed by atoms with Crippen LogP contribution in [0.25, 0.3) is 6.08 Å². The standard InChI is InChI=1S/C16H12N2O5S/c1-9-5-6-24-14(9)8-11-16(19)23-15(17-11)10-3-4-13(22-2)12(7-10)18(20)21/h3-8H,1-2H3/b11-8-. The van der Waals surface area contributed by atoms with Gasteiger partial charge in [0.15, 0.2) is 11.4 Å². The van der Waals surface area contributed by atoms with Crippen molar-refractivity contribution in [3.8, 4) is 5.75 Å². The van der Waals surface area contributed by atoms with Gasteiger partial charge in [0, 0.05) is 16.5 Å². The third-order valence-corrected chi connectivity index (χ3v) is 4.38. The number of nitrogens with zero attached hydrogens (tertiary/aromatic N) is 2. The van der Waals surface area contributed by atoms with Crippen molar-refractivity contribution in [1.82, 2.24) is 0 Å². The van der Waals surface area contributed by atoms with E-state index in [1.807, 2.05) is 18.4 Å². The first-order chi connectivity index (χ1) is 11.5. The largest absolute Gasteiger partial charge is 0.490 e. The van der Waals surface area contributed by atoms with Crippen LogP contribution >= 0.6 is 11.3 Å². The Kier molecular flexibility index (Phi) is 4.13. The van der Waals surface area contributed by atoms with Gasteiger partial charge in [0.25, 0.3) is 0 Å². The highest BCUT2D eigenvalue weighted by Crippen LogP contribution is 2.30. The van der Waals surface area contributed by atoms with Crippen molar-refractivity contribution in [1.29, 1.82) is 0 Å². The van der Waals surface area contributed by atoms with Crippen LogP contribution in [0.5, 0.6) is 5.75 Å². The summed E-state index contributed by atoms with van der Waals surface area (Å²) in [4.78, 5) is 27.6. The number of rotatable bonds is 4. The molecule has 2 aromatic rings. The normalized spacial score (nSPS) is 15.3. The van der Waals surface area contributed by atoms with E-state index in [4.69, 9.17) is 9.47 Å². The van der Waals surface area contributed by atoms with E-state index in [1.165, 1.54) is 30.6 Å². The van der Waals surface area contributed by atoms with Crippen molar-refractivity contribution in [2.75, 3.05) is 7.11 Å². The van der Waals surface area contributed by atoms with Crippen molar-refractivity contribution in [3.05, 3.63) is 61.5 Å². The summed E-state index contributed by atoms with van der Waals surface area (Å²) in [6.07, 6.45) is 1.65. The van der Waals surface area contributed by atoms with E-state index in [9.17, 15) is 14.9 Å². The number of aliphatic imine (C=N–C) groups is 1. The number of thiophene rings is 1. The second-order valence-electron chi connectivity index (χ2n) is 4.95. The maximum atomic E-state index is 12.0. The molecule has 0 bridgehead atoms. The Hall–Kier alpha value is -3.00. The third-order valence-electron chi connectivity index (χ3n) is 3.41. The number of nitro benzene ring substituents is 1. The second kappa shape index (κ2) is 6.25. The molecule has 0 saturated heterocycles. The Labute approximate surface area is 141 Å². The quantitative estimate of drug-likeness (QED) is 0.367. The lowest BCUT2D eigenvalue weighted by Gasteiger charge is -2.03. The number of esters is 1. The molecule has 8 heteroatoms. The Morgan fingerprint density at radius 1 is 1.38 bits per heavy atom. The molecular weight excluding hydrogens is 332 g/mol. The molecule has 0 radical (unpaired) electrons. The molecule has 0 atom stereocenters. The molecular formula is C16H12N2O5S. The van der Waals surface area contributed by atoms with Crippen molar-refractivity contribution < 1.29 is 19.2 Å². The number of aryl methyl sites for hydroxylation is 1. The van der Waals surface area contributed by atoms with Crippen molar-refractivity contribution >= 4 is 35.0 Å². The number of nitro groups is 1. The number of ether oxygens (including phenoxy) is 2. The molecule has 0 unspecified atom stereocenters. The number of hydrogen-bond donors (Lipinski definition) is 0. The third kappa shape index (κ3) is 2.91. The van der Waals surface area contributed by atoms with Crippen LogP contribution in [-0.2, 0) is 9.53 Å². The zero-order valence-corrected chi connectivity index (χ0v) is 13.6. The highest BCUT2D eigenvalue weighted by atomic mass is 32.1. The lowest BCUT2D eigenvalue weighted by Crippen LogP contribution is -2.06.